The Balaban J connectivity index is 1.90. The average Bonchev–Trinajstić information content (AvgIpc) is 2.72. The predicted molar refractivity (Wildman–Crippen MR) is 71.3 cm³/mol. The number of carbonyl (C=O) groups is 1. The van der Waals surface area contributed by atoms with E-state index in [1.807, 2.05) is 0 Å². The molecule has 1 fully saturated rings. The predicted octanol–water partition coefficient (Wildman–Crippen LogP) is 3.19. The van der Waals surface area contributed by atoms with Gasteiger partial charge in [-0.25, -0.2) is 4.98 Å². The molecule has 2 heterocycles. The van der Waals surface area contributed by atoms with Gasteiger partial charge in [0.25, 0.3) is 0 Å². The highest BCUT2D eigenvalue weighted by Gasteiger charge is 2.34. The van der Waals surface area contributed by atoms with Crippen LogP contribution in [0.4, 0.5) is 0 Å². The fourth-order valence-corrected chi connectivity index (χ4v) is 4.05. The molecule has 1 saturated heterocycles. The van der Waals surface area contributed by atoms with Crippen LogP contribution < -0.4 is 0 Å². The number of Topliss-reactive ketones (excluding diaryl/α,β-unsaturated/α-hetero) is 1. The number of fused-ring (bicyclic) bond motifs is 1. The highest BCUT2D eigenvalue weighted by molar-refractivity contribution is 7.14. The van der Waals surface area contributed by atoms with E-state index in [9.17, 15) is 4.79 Å². The average molecular weight is 265 g/mol. The van der Waals surface area contributed by atoms with Crippen molar-refractivity contribution in [3.63, 3.8) is 0 Å². The van der Waals surface area contributed by atoms with Crippen molar-refractivity contribution in [3.8, 4) is 0 Å². The number of carbonyl (C=O) groups excluding carboxylic acids is 1. The quantitative estimate of drug-likeness (QED) is 0.783. The molecular formula is C14H19NO2S. The first kappa shape index (κ1) is 12.3. The van der Waals surface area contributed by atoms with Crippen molar-refractivity contribution >= 4 is 17.1 Å². The minimum absolute atomic E-state index is 0.0745. The van der Waals surface area contributed by atoms with Crippen molar-refractivity contribution in [2.45, 2.75) is 45.4 Å². The van der Waals surface area contributed by atoms with Crippen LogP contribution in [0.2, 0.25) is 0 Å². The maximum Gasteiger partial charge on any atom is 0.175 e. The van der Waals surface area contributed by atoms with Gasteiger partial charge in [0.2, 0.25) is 0 Å². The van der Waals surface area contributed by atoms with Crippen LogP contribution in [0.1, 0.15) is 59.4 Å². The van der Waals surface area contributed by atoms with Crippen LogP contribution in [0.15, 0.2) is 0 Å². The largest absolute Gasteiger partial charge is 0.381 e. The molecule has 18 heavy (non-hydrogen) atoms. The van der Waals surface area contributed by atoms with E-state index in [-0.39, 0.29) is 11.2 Å². The van der Waals surface area contributed by atoms with Crippen LogP contribution in [0, 0.1) is 5.41 Å². The summed E-state index contributed by atoms with van der Waals surface area (Å²) in [4.78, 5) is 17.8. The summed E-state index contributed by atoms with van der Waals surface area (Å²) in [6, 6.07) is 0. The molecule has 0 bridgehead atoms. The molecule has 1 aliphatic heterocycles. The molecule has 0 unspecified atom stereocenters. The molecule has 0 radical (unpaired) electrons. The van der Waals surface area contributed by atoms with Gasteiger partial charge in [-0.05, 0) is 24.7 Å². The molecule has 3 nitrogen and oxygen atoms in total. The van der Waals surface area contributed by atoms with E-state index >= 15 is 0 Å². The maximum absolute atomic E-state index is 12.1. The minimum Gasteiger partial charge on any atom is -0.381 e. The first-order valence-corrected chi connectivity index (χ1v) is 7.47. The highest BCUT2D eigenvalue weighted by Crippen LogP contribution is 2.40. The van der Waals surface area contributed by atoms with Gasteiger partial charge in [-0.2, -0.15) is 0 Å². The number of hydrogen-bond acceptors (Lipinski definition) is 4. The summed E-state index contributed by atoms with van der Waals surface area (Å²) in [7, 11) is 0. The molecule has 2 aliphatic rings. The van der Waals surface area contributed by atoms with Crippen molar-refractivity contribution < 1.29 is 9.53 Å². The summed E-state index contributed by atoms with van der Waals surface area (Å²) < 4.78 is 5.39. The van der Waals surface area contributed by atoms with E-state index in [2.05, 4.69) is 13.8 Å². The van der Waals surface area contributed by atoms with Gasteiger partial charge in [-0.3, -0.25) is 4.79 Å². The van der Waals surface area contributed by atoms with Crippen LogP contribution in [0.25, 0.3) is 0 Å². The lowest BCUT2D eigenvalue weighted by Gasteiger charge is -2.26. The molecule has 0 spiro atoms. The number of rotatable bonds is 1. The van der Waals surface area contributed by atoms with Crippen molar-refractivity contribution in [3.05, 3.63) is 15.6 Å². The van der Waals surface area contributed by atoms with Crippen molar-refractivity contribution in [1.82, 2.24) is 4.98 Å². The first-order chi connectivity index (χ1) is 8.55. The van der Waals surface area contributed by atoms with Crippen LogP contribution in [-0.2, 0) is 11.2 Å². The number of thiazole rings is 1. The smallest absolute Gasteiger partial charge is 0.175 e. The Morgan fingerprint density at radius 3 is 2.72 bits per heavy atom. The SMILES string of the molecule is CC1(C)CC(=O)c2sc(C3CCOCC3)nc2C1. The Morgan fingerprint density at radius 2 is 2.00 bits per heavy atom. The van der Waals surface area contributed by atoms with Gasteiger partial charge in [-0.1, -0.05) is 13.8 Å². The van der Waals surface area contributed by atoms with Gasteiger partial charge in [0.1, 0.15) is 0 Å². The molecule has 98 valence electrons. The summed E-state index contributed by atoms with van der Waals surface area (Å²) in [5.41, 5.74) is 1.12. The Hall–Kier alpha value is -0.740. The minimum atomic E-state index is 0.0745. The molecule has 0 amide bonds. The number of ether oxygens (including phenoxy) is 1. The third-order valence-electron chi connectivity index (χ3n) is 3.82. The molecule has 4 heteroatoms. The Kier molecular flexibility index (Phi) is 3.02. The second-order valence-corrected chi connectivity index (χ2v) is 7.19. The van der Waals surface area contributed by atoms with E-state index in [1.54, 1.807) is 11.3 Å². The highest BCUT2D eigenvalue weighted by atomic mass is 32.1. The summed E-state index contributed by atoms with van der Waals surface area (Å²) in [6.45, 7) is 5.96. The Bertz CT molecular complexity index is 472. The van der Waals surface area contributed by atoms with E-state index in [0.29, 0.717) is 12.3 Å². The van der Waals surface area contributed by atoms with Crippen LogP contribution in [0.5, 0.6) is 0 Å². The van der Waals surface area contributed by atoms with Gasteiger partial charge in [0, 0.05) is 25.6 Å². The second kappa shape index (κ2) is 4.42. The monoisotopic (exact) mass is 265 g/mol. The second-order valence-electron chi connectivity index (χ2n) is 6.16. The van der Waals surface area contributed by atoms with Crippen LogP contribution in [-0.4, -0.2) is 24.0 Å². The van der Waals surface area contributed by atoms with Crippen molar-refractivity contribution in [1.29, 1.82) is 0 Å². The molecule has 0 atom stereocenters. The lowest BCUT2D eigenvalue weighted by molar-refractivity contribution is 0.0851. The third-order valence-corrected chi connectivity index (χ3v) is 5.12. The van der Waals surface area contributed by atoms with Crippen LogP contribution in [0.3, 0.4) is 0 Å². The summed E-state index contributed by atoms with van der Waals surface area (Å²) in [6.07, 6.45) is 3.69. The van der Waals surface area contributed by atoms with Crippen molar-refractivity contribution in [2.24, 2.45) is 5.41 Å². The van der Waals surface area contributed by atoms with E-state index < -0.39 is 0 Å². The molecule has 0 N–H and O–H groups in total. The molecule has 1 aliphatic carbocycles. The number of ketones is 1. The zero-order valence-electron chi connectivity index (χ0n) is 11.0. The lowest BCUT2D eigenvalue weighted by Crippen LogP contribution is -2.26. The molecule has 0 saturated carbocycles. The van der Waals surface area contributed by atoms with E-state index in [1.165, 1.54) is 0 Å². The van der Waals surface area contributed by atoms with E-state index in [4.69, 9.17) is 9.72 Å². The zero-order valence-corrected chi connectivity index (χ0v) is 11.8. The fourth-order valence-electron chi connectivity index (χ4n) is 2.86. The maximum atomic E-state index is 12.1. The first-order valence-electron chi connectivity index (χ1n) is 6.66. The number of hydrogen-bond donors (Lipinski definition) is 0. The van der Waals surface area contributed by atoms with Gasteiger partial charge >= 0.3 is 0 Å². The Morgan fingerprint density at radius 1 is 1.28 bits per heavy atom. The fraction of sp³-hybridized carbons (Fsp3) is 0.714. The Labute approximate surface area is 112 Å². The lowest BCUT2D eigenvalue weighted by atomic mass is 9.78. The topological polar surface area (TPSA) is 39.2 Å². The zero-order chi connectivity index (χ0) is 12.8. The van der Waals surface area contributed by atoms with Gasteiger partial charge in [0.15, 0.2) is 5.78 Å². The normalized spacial score (nSPS) is 24.0. The van der Waals surface area contributed by atoms with Gasteiger partial charge in [0.05, 0.1) is 15.6 Å². The molecule has 1 aromatic rings. The molecule has 3 rings (SSSR count). The molecule has 1 aromatic heterocycles. The number of aromatic nitrogens is 1. The van der Waals surface area contributed by atoms with Crippen LogP contribution >= 0.6 is 11.3 Å². The standard InChI is InChI=1S/C14H19NO2S/c1-14(2)7-10-12(11(16)8-14)18-13(15-10)9-3-5-17-6-4-9/h9H,3-8H2,1-2H3. The number of nitrogens with zero attached hydrogens (tertiary/aromatic N) is 1. The summed E-state index contributed by atoms with van der Waals surface area (Å²) in [5, 5.41) is 1.16. The molecule has 0 aromatic carbocycles. The molecular weight excluding hydrogens is 246 g/mol. The van der Waals surface area contributed by atoms with Gasteiger partial charge in [-0.15, -0.1) is 11.3 Å². The van der Waals surface area contributed by atoms with Crippen molar-refractivity contribution in [2.75, 3.05) is 13.2 Å². The van der Waals surface area contributed by atoms with E-state index in [0.717, 1.165) is 48.1 Å². The van der Waals surface area contributed by atoms with Gasteiger partial charge < -0.3 is 4.74 Å². The summed E-state index contributed by atoms with van der Waals surface area (Å²) in [5.74, 6) is 0.794. The summed E-state index contributed by atoms with van der Waals surface area (Å²) >= 11 is 1.63. The third kappa shape index (κ3) is 2.24.